The van der Waals surface area contributed by atoms with E-state index in [4.69, 9.17) is 0 Å². The SMILES string of the molecule is CC(=O)N(c1ccccc1)[C@@H]1C[C@H](C)N(C(=O)c2ccc(C(C)(C)C)cc2)c2ccccc21. The van der Waals surface area contributed by atoms with E-state index in [9.17, 15) is 9.59 Å². The van der Waals surface area contributed by atoms with Crippen LogP contribution in [0.3, 0.4) is 0 Å². The van der Waals surface area contributed by atoms with Crippen molar-refractivity contribution in [1.29, 1.82) is 0 Å². The van der Waals surface area contributed by atoms with Crippen LogP contribution in [0, 0.1) is 0 Å². The summed E-state index contributed by atoms with van der Waals surface area (Å²) in [6.45, 7) is 10.2. The van der Waals surface area contributed by atoms with Crippen molar-refractivity contribution in [2.75, 3.05) is 9.80 Å². The molecule has 0 fully saturated rings. The van der Waals surface area contributed by atoms with Gasteiger partial charge in [-0.2, -0.15) is 0 Å². The highest BCUT2D eigenvalue weighted by Crippen LogP contribution is 2.42. The molecule has 0 saturated heterocycles. The summed E-state index contributed by atoms with van der Waals surface area (Å²) in [5, 5.41) is 0. The summed E-state index contributed by atoms with van der Waals surface area (Å²) in [7, 11) is 0. The second-order valence-corrected chi connectivity index (χ2v) is 9.89. The smallest absolute Gasteiger partial charge is 0.258 e. The van der Waals surface area contributed by atoms with Gasteiger partial charge in [-0.1, -0.05) is 69.3 Å². The van der Waals surface area contributed by atoms with Crippen LogP contribution in [0.25, 0.3) is 0 Å². The summed E-state index contributed by atoms with van der Waals surface area (Å²) in [6.07, 6.45) is 0.664. The first-order valence-corrected chi connectivity index (χ1v) is 11.6. The van der Waals surface area contributed by atoms with Gasteiger partial charge in [0.15, 0.2) is 0 Å². The highest BCUT2D eigenvalue weighted by molar-refractivity contribution is 6.07. The van der Waals surface area contributed by atoms with Crippen LogP contribution >= 0.6 is 0 Å². The lowest BCUT2D eigenvalue weighted by Gasteiger charge is -2.43. The third-order valence-electron chi connectivity index (χ3n) is 6.46. The number of rotatable bonds is 3. The van der Waals surface area contributed by atoms with E-state index in [1.54, 1.807) is 6.92 Å². The number of carbonyl (C=O) groups is 2. The van der Waals surface area contributed by atoms with Crippen LogP contribution in [0.15, 0.2) is 78.9 Å². The molecule has 33 heavy (non-hydrogen) atoms. The molecule has 4 heteroatoms. The van der Waals surface area contributed by atoms with E-state index in [1.165, 1.54) is 5.56 Å². The van der Waals surface area contributed by atoms with Gasteiger partial charge >= 0.3 is 0 Å². The lowest BCUT2D eigenvalue weighted by atomic mass is 9.86. The van der Waals surface area contributed by atoms with Gasteiger partial charge in [0.05, 0.1) is 6.04 Å². The Morgan fingerprint density at radius 1 is 0.879 bits per heavy atom. The fourth-order valence-electron chi connectivity index (χ4n) is 4.76. The Morgan fingerprint density at radius 3 is 2.09 bits per heavy atom. The van der Waals surface area contributed by atoms with Gasteiger partial charge < -0.3 is 9.80 Å². The molecule has 0 unspecified atom stereocenters. The molecule has 3 aromatic carbocycles. The maximum absolute atomic E-state index is 13.7. The molecule has 1 aliphatic heterocycles. The van der Waals surface area contributed by atoms with E-state index in [0.29, 0.717) is 12.0 Å². The second-order valence-electron chi connectivity index (χ2n) is 9.89. The largest absolute Gasteiger partial charge is 0.305 e. The minimum absolute atomic E-state index is 0.00857. The van der Waals surface area contributed by atoms with Gasteiger partial charge in [-0.25, -0.2) is 0 Å². The van der Waals surface area contributed by atoms with Crippen molar-refractivity contribution in [2.24, 2.45) is 0 Å². The quantitative estimate of drug-likeness (QED) is 0.465. The number of para-hydroxylation sites is 2. The molecule has 2 atom stereocenters. The fourth-order valence-corrected chi connectivity index (χ4v) is 4.76. The number of anilines is 2. The Labute approximate surface area is 196 Å². The zero-order valence-electron chi connectivity index (χ0n) is 20.1. The van der Waals surface area contributed by atoms with Gasteiger partial charge in [0.25, 0.3) is 5.91 Å². The Hall–Kier alpha value is -3.40. The van der Waals surface area contributed by atoms with Crippen molar-refractivity contribution < 1.29 is 9.59 Å². The first kappa shape index (κ1) is 22.8. The van der Waals surface area contributed by atoms with Crippen LogP contribution in [0.1, 0.15) is 68.6 Å². The van der Waals surface area contributed by atoms with E-state index in [1.807, 2.05) is 88.7 Å². The average molecular weight is 441 g/mol. The maximum Gasteiger partial charge on any atom is 0.258 e. The topological polar surface area (TPSA) is 40.6 Å². The van der Waals surface area contributed by atoms with E-state index < -0.39 is 0 Å². The van der Waals surface area contributed by atoms with E-state index >= 15 is 0 Å². The third-order valence-corrected chi connectivity index (χ3v) is 6.46. The highest BCUT2D eigenvalue weighted by atomic mass is 16.2. The predicted molar refractivity (Wildman–Crippen MR) is 135 cm³/mol. The summed E-state index contributed by atoms with van der Waals surface area (Å²) < 4.78 is 0. The number of hydrogen-bond donors (Lipinski definition) is 0. The van der Waals surface area contributed by atoms with Gasteiger partial charge in [0.2, 0.25) is 5.91 Å². The lowest BCUT2D eigenvalue weighted by Crippen LogP contribution is -2.47. The Morgan fingerprint density at radius 2 is 1.48 bits per heavy atom. The normalized spacial score (nSPS) is 17.9. The molecule has 0 spiro atoms. The van der Waals surface area contributed by atoms with E-state index in [2.05, 4.69) is 27.7 Å². The van der Waals surface area contributed by atoms with Gasteiger partial charge in [0, 0.05) is 29.9 Å². The summed E-state index contributed by atoms with van der Waals surface area (Å²) in [5.41, 5.74) is 4.64. The van der Waals surface area contributed by atoms with Crippen LogP contribution < -0.4 is 9.80 Å². The molecule has 0 aromatic heterocycles. The van der Waals surface area contributed by atoms with E-state index in [-0.39, 0.29) is 29.3 Å². The Bertz CT molecular complexity index is 1150. The van der Waals surface area contributed by atoms with Crippen LogP contribution in [0.4, 0.5) is 11.4 Å². The van der Waals surface area contributed by atoms with Crippen LogP contribution in [-0.4, -0.2) is 17.9 Å². The van der Waals surface area contributed by atoms with Crippen molar-refractivity contribution in [3.05, 3.63) is 95.6 Å². The summed E-state index contributed by atoms with van der Waals surface area (Å²) in [6, 6.07) is 25.5. The first-order valence-electron chi connectivity index (χ1n) is 11.6. The summed E-state index contributed by atoms with van der Waals surface area (Å²) in [5.74, 6) is -0.0197. The predicted octanol–water partition coefficient (Wildman–Crippen LogP) is 6.52. The number of carbonyl (C=O) groups excluding carboxylic acids is 2. The van der Waals surface area contributed by atoms with Crippen molar-refractivity contribution in [2.45, 2.75) is 58.5 Å². The number of fused-ring (bicyclic) bond motifs is 1. The minimum Gasteiger partial charge on any atom is -0.305 e. The first-order chi connectivity index (χ1) is 15.7. The zero-order valence-corrected chi connectivity index (χ0v) is 20.1. The van der Waals surface area contributed by atoms with Gasteiger partial charge in [-0.05, 0) is 60.2 Å². The van der Waals surface area contributed by atoms with Gasteiger partial charge in [-0.3, -0.25) is 9.59 Å². The van der Waals surface area contributed by atoms with Crippen molar-refractivity contribution >= 4 is 23.2 Å². The average Bonchev–Trinajstić information content (AvgIpc) is 2.79. The standard InChI is InChI=1S/C29H32N2O2/c1-20-19-27(31(21(2)32)24-11-7-6-8-12-24)25-13-9-10-14-26(25)30(20)28(33)22-15-17-23(18-16-22)29(3,4)5/h6-18,20,27H,19H2,1-5H3/t20-,27+/m0/s1. The molecule has 170 valence electrons. The van der Waals surface area contributed by atoms with Crippen LogP contribution in [0.5, 0.6) is 0 Å². The summed E-state index contributed by atoms with van der Waals surface area (Å²) >= 11 is 0. The minimum atomic E-state index is -0.136. The van der Waals surface area contributed by atoms with Crippen molar-refractivity contribution in [3.63, 3.8) is 0 Å². The molecule has 4 nitrogen and oxygen atoms in total. The van der Waals surface area contributed by atoms with Crippen molar-refractivity contribution in [1.82, 2.24) is 0 Å². The zero-order chi connectivity index (χ0) is 23.8. The Kier molecular flexibility index (Phi) is 6.11. The van der Waals surface area contributed by atoms with Gasteiger partial charge in [0.1, 0.15) is 0 Å². The number of hydrogen-bond acceptors (Lipinski definition) is 2. The van der Waals surface area contributed by atoms with Crippen LogP contribution in [-0.2, 0) is 10.2 Å². The fraction of sp³-hybridized carbons (Fsp3) is 0.310. The molecule has 0 N–H and O–H groups in total. The molecule has 0 radical (unpaired) electrons. The number of amides is 2. The van der Waals surface area contributed by atoms with Crippen LogP contribution in [0.2, 0.25) is 0 Å². The number of benzene rings is 3. The molecular formula is C29H32N2O2. The molecule has 1 aliphatic rings. The molecular weight excluding hydrogens is 408 g/mol. The molecule has 0 saturated carbocycles. The monoisotopic (exact) mass is 440 g/mol. The molecule has 4 rings (SSSR count). The number of nitrogens with zero attached hydrogens (tertiary/aromatic N) is 2. The molecule has 0 bridgehead atoms. The second kappa shape index (κ2) is 8.86. The molecule has 3 aromatic rings. The van der Waals surface area contributed by atoms with Gasteiger partial charge in [-0.15, -0.1) is 0 Å². The third kappa shape index (κ3) is 4.43. The summed E-state index contributed by atoms with van der Waals surface area (Å²) in [4.78, 5) is 30.2. The molecule has 1 heterocycles. The Balaban J connectivity index is 1.73. The van der Waals surface area contributed by atoms with Crippen molar-refractivity contribution in [3.8, 4) is 0 Å². The lowest BCUT2D eigenvalue weighted by molar-refractivity contribution is -0.117. The highest BCUT2D eigenvalue weighted by Gasteiger charge is 2.38. The molecule has 2 amide bonds. The van der Waals surface area contributed by atoms with E-state index in [0.717, 1.165) is 16.9 Å². The molecule has 0 aliphatic carbocycles. The maximum atomic E-state index is 13.7.